The molecule has 37 heavy (non-hydrogen) atoms. The maximum absolute atomic E-state index is 4.27. The molecule has 7 heteroatoms. The number of aliphatic imine (C=N–C) groups is 1. The Balaban J connectivity index is 0.000000152. The minimum atomic E-state index is 0. The van der Waals surface area contributed by atoms with Crippen molar-refractivity contribution in [1.82, 2.24) is 24.9 Å². The second kappa shape index (κ2) is 15.6. The Bertz CT molecular complexity index is 1200. The smallest absolute Gasteiger partial charge is 0.0886 e. The van der Waals surface area contributed by atoms with Gasteiger partial charge in [-0.05, 0) is 73.5 Å². The van der Waals surface area contributed by atoms with Gasteiger partial charge in [0.1, 0.15) is 0 Å². The van der Waals surface area contributed by atoms with Crippen LogP contribution in [0.2, 0.25) is 0 Å². The first-order chi connectivity index (χ1) is 17.9. The summed E-state index contributed by atoms with van der Waals surface area (Å²) in [6.45, 7) is 0. The molecule has 0 atom stereocenters. The fourth-order valence-electron chi connectivity index (χ4n) is 3.29. The Morgan fingerprint density at radius 2 is 0.784 bits per heavy atom. The summed E-state index contributed by atoms with van der Waals surface area (Å²) in [7, 11) is 0. The van der Waals surface area contributed by atoms with Gasteiger partial charge in [-0.15, -0.1) is 0 Å². The second-order valence-corrected chi connectivity index (χ2v) is 7.57. The molecule has 0 saturated heterocycles. The van der Waals surface area contributed by atoms with Crippen LogP contribution in [-0.2, 0) is 16.8 Å². The van der Waals surface area contributed by atoms with Crippen molar-refractivity contribution in [2.45, 2.75) is 12.8 Å². The number of hydrogen-bond acceptors (Lipinski definition) is 6. The molecular formula is C30H26CoN6. The Morgan fingerprint density at radius 1 is 0.432 bits per heavy atom. The van der Waals surface area contributed by atoms with Gasteiger partial charge >= 0.3 is 0 Å². The predicted octanol–water partition coefficient (Wildman–Crippen LogP) is 6.46. The maximum Gasteiger partial charge on any atom is 0.0886 e. The molecule has 0 saturated carbocycles. The number of rotatable bonds is 3. The van der Waals surface area contributed by atoms with Crippen molar-refractivity contribution in [3.63, 3.8) is 0 Å². The molecule has 0 fully saturated rings. The third-order valence-electron chi connectivity index (χ3n) is 5.03. The van der Waals surface area contributed by atoms with Crippen LogP contribution in [0.25, 0.3) is 22.8 Å². The summed E-state index contributed by atoms with van der Waals surface area (Å²) in [5.74, 6) is 0. The minimum absolute atomic E-state index is 0. The van der Waals surface area contributed by atoms with Crippen molar-refractivity contribution in [2.75, 3.05) is 0 Å². The Morgan fingerprint density at radius 3 is 1.05 bits per heavy atom. The Kier molecular flexibility index (Phi) is 11.5. The number of hydrogen-bond donors (Lipinski definition) is 0. The van der Waals surface area contributed by atoms with Crippen LogP contribution in [0.3, 0.4) is 0 Å². The normalized spacial score (nSPS) is 11.4. The van der Waals surface area contributed by atoms with Gasteiger partial charge in [0, 0.05) is 54.0 Å². The Labute approximate surface area is 227 Å². The predicted molar refractivity (Wildman–Crippen MR) is 144 cm³/mol. The van der Waals surface area contributed by atoms with Crippen LogP contribution in [-0.4, -0.2) is 30.6 Å². The van der Waals surface area contributed by atoms with E-state index in [0.717, 1.165) is 47.0 Å². The van der Waals surface area contributed by atoms with Crippen LogP contribution >= 0.6 is 0 Å². The molecule has 5 aromatic rings. The van der Waals surface area contributed by atoms with Crippen LogP contribution < -0.4 is 0 Å². The van der Waals surface area contributed by atoms with Crippen molar-refractivity contribution >= 4 is 5.71 Å². The molecule has 0 amide bonds. The van der Waals surface area contributed by atoms with E-state index in [2.05, 4.69) is 36.0 Å². The summed E-state index contributed by atoms with van der Waals surface area (Å²) >= 11 is 0. The molecule has 1 aliphatic rings. The Hall–Kier alpha value is -4.33. The molecule has 5 aromatic heterocycles. The standard InChI is InChI=1S/C10H10N2.2C10H8N2.Co/c3*1-3-7-11-9(5-1)10-6-2-4-8-12-10;/h1,3-5,7-8H,2,6H2;2*1-8H;. The van der Waals surface area contributed by atoms with Crippen LogP contribution in [0.1, 0.15) is 18.5 Å². The van der Waals surface area contributed by atoms with E-state index < -0.39 is 0 Å². The van der Waals surface area contributed by atoms with E-state index in [9.17, 15) is 0 Å². The SMILES string of the molecule is C1=CN=C(c2ccccn2)CC1.[Co].c1ccc(-c2ccccn2)nc1.c1ccc(-c2ccccn2)nc1. The third-order valence-corrected chi connectivity index (χ3v) is 5.03. The quantitative estimate of drug-likeness (QED) is 0.268. The van der Waals surface area contributed by atoms with Gasteiger partial charge in [-0.1, -0.05) is 36.4 Å². The molecule has 0 spiro atoms. The zero-order valence-electron chi connectivity index (χ0n) is 20.1. The van der Waals surface area contributed by atoms with Crippen LogP contribution in [0.15, 0.2) is 139 Å². The maximum atomic E-state index is 4.27. The molecule has 0 aromatic carbocycles. The van der Waals surface area contributed by atoms with Gasteiger partial charge in [-0.2, -0.15) is 0 Å². The van der Waals surface area contributed by atoms with E-state index in [4.69, 9.17) is 0 Å². The van der Waals surface area contributed by atoms with Crippen molar-refractivity contribution < 1.29 is 16.8 Å². The third kappa shape index (κ3) is 8.99. The fraction of sp³-hybridized carbons (Fsp3) is 0.0667. The summed E-state index contributed by atoms with van der Waals surface area (Å²) in [5.41, 5.74) is 5.76. The molecule has 1 aliphatic heterocycles. The first kappa shape index (κ1) is 27.3. The van der Waals surface area contributed by atoms with Gasteiger partial charge < -0.3 is 0 Å². The van der Waals surface area contributed by atoms with Crippen LogP contribution in [0, 0.1) is 0 Å². The number of pyridine rings is 5. The summed E-state index contributed by atoms with van der Waals surface area (Å²) < 4.78 is 0. The van der Waals surface area contributed by atoms with Crippen LogP contribution in [0.5, 0.6) is 0 Å². The molecule has 0 unspecified atom stereocenters. The average Bonchev–Trinajstić information content (AvgIpc) is 3.01. The molecule has 0 aliphatic carbocycles. The van der Waals surface area contributed by atoms with Gasteiger partial charge in [0.2, 0.25) is 0 Å². The largest absolute Gasteiger partial charge is 0.259 e. The monoisotopic (exact) mass is 529 g/mol. The molecule has 0 bridgehead atoms. The number of aromatic nitrogens is 5. The van der Waals surface area contributed by atoms with E-state index in [0.29, 0.717) is 0 Å². The first-order valence-electron chi connectivity index (χ1n) is 11.7. The summed E-state index contributed by atoms with van der Waals surface area (Å²) in [4.78, 5) is 25.3. The molecule has 0 N–H and O–H groups in total. The van der Waals surface area contributed by atoms with Gasteiger partial charge in [0.25, 0.3) is 0 Å². The van der Waals surface area contributed by atoms with Gasteiger partial charge in [0.15, 0.2) is 0 Å². The van der Waals surface area contributed by atoms with Gasteiger partial charge in [-0.3, -0.25) is 29.9 Å². The van der Waals surface area contributed by atoms with Crippen molar-refractivity contribution in [2.24, 2.45) is 4.99 Å². The molecule has 6 heterocycles. The molecule has 6 rings (SSSR count). The van der Waals surface area contributed by atoms with Crippen molar-refractivity contribution in [1.29, 1.82) is 0 Å². The van der Waals surface area contributed by atoms with Crippen molar-refractivity contribution in [3.05, 3.63) is 140 Å². The van der Waals surface area contributed by atoms with Gasteiger partial charge in [0.05, 0.1) is 34.2 Å². The van der Waals surface area contributed by atoms with E-state index in [-0.39, 0.29) is 16.8 Å². The zero-order chi connectivity index (χ0) is 24.7. The van der Waals surface area contributed by atoms with Gasteiger partial charge in [-0.25, -0.2) is 0 Å². The summed E-state index contributed by atoms with van der Waals surface area (Å²) in [6, 6.07) is 29.1. The first-order valence-corrected chi connectivity index (χ1v) is 11.7. The molecule has 6 nitrogen and oxygen atoms in total. The van der Waals surface area contributed by atoms with E-state index in [1.54, 1.807) is 31.0 Å². The molecular weight excluding hydrogens is 503 g/mol. The average molecular weight is 530 g/mol. The number of nitrogens with zero attached hydrogens (tertiary/aromatic N) is 6. The zero-order valence-corrected chi connectivity index (χ0v) is 21.2. The summed E-state index contributed by atoms with van der Waals surface area (Å²) in [5, 5.41) is 0. The minimum Gasteiger partial charge on any atom is -0.259 e. The van der Waals surface area contributed by atoms with Crippen molar-refractivity contribution in [3.8, 4) is 22.8 Å². The fourth-order valence-corrected chi connectivity index (χ4v) is 3.29. The molecule has 185 valence electrons. The van der Waals surface area contributed by atoms with E-state index >= 15 is 0 Å². The van der Waals surface area contributed by atoms with E-state index in [1.807, 2.05) is 97.2 Å². The summed E-state index contributed by atoms with van der Waals surface area (Å²) in [6.07, 6.45) is 14.9. The topological polar surface area (TPSA) is 76.8 Å². The second-order valence-electron chi connectivity index (χ2n) is 7.57. The molecule has 1 radical (unpaired) electrons. The van der Waals surface area contributed by atoms with E-state index in [1.165, 1.54) is 0 Å². The van der Waals surface area contributed by atoms with Crippen LogP contribution in [0.4, 0.5) is 0 Å². The number of allylic oxidation sites excluding steroid dienone is 1.